The van der Waals surface area contributed by atoms with Crippen LogP contribution in [-0.2, 0) is 33.3 Å². The zero-order valence-electron chi connectivity index (χ0n) is 81.1. The molecule has 5 N–H and O–H groups in total. The van der Waals surface area contributed by atoms with Gasteiger partial charge in [-0.3, -0.25) is 14.4 Å². The minimum atomic E-state index is -0.722. The van der Waals surface area contributed by atoms with Crippen LogP contribution < -0.4 is 9.47 Å². The van der Waals surface area contributed by atoms with E-state index in [0.29, 0.717) is 76.6 Å². The van der Waals surface area contributed by atoms with Gasteiger partial charge in [0.2, 0.25) is 0 Å². The average Bonchev–Trinajstić information content (AvgIpc) is 0.857. The molecular weight excluding hydrogens is 1750 g/mol. The number of phenols is 4. The average molecular weight is 2000 g/mol. The van der Waals surface area contributed by atoms with Crippen LogP contribution in [0.25, 0.3) is 0 Å². The van der Waals surface area contributed by atoms with Gasteiger partial charge in [0.15, 0.2) is 6.29 Å². The van der Waals surface area contributed by atoms with E-state index in [2.05, 4.69) is 152 Å². The van der Waals surface area contributed by atoms with E-state index in [1.54, 1.807) is 95.3 Å². The van der Waals surface area contributed by atoms with Crippen LogP contribution in [-0.4, -0.2) is 79.3 Å². The van der Waals surface area contributed by atoms with Crippen molar-refractivity contribution < 1.29 is 73.1 Å². The van der Waals surface area contributed by atoms with Crippen molar-refractivity contribution in [3.8, 4) is 34.5 Å². The highest BCUT2D eigenvalue weighted by atomic mass is 16.7. The van der Waals surface area contributed by atoms with Crippen molar-refractivity contribution in [2.75, 3.05) is 6.61 Å². The molecule has 0 spiro atoms. The number of carboxylic acid groups (broad SMARTS) is 1. The molecule has 0 amide bonds. The van der Waals surface area contributed by atoms with Gasteiger partial charge in [-0.25, -0.2) is 4.79 Å². The number of aliphatic carboxylic acids is 1. The Hall–Kier alpha value is -8.82. The molecule has 1 heterocycles. The van der Waals surface area contributed by atoms with Crippen molar-refractivity contribution in [1.82, 2.24) is 0 Å². The molecule has 7 aromatic carbocycles. The van der Waals surface area contributed by atoms with E-state index in [-0.39, 0.29) is 189 Å². The van der Waals surface area contributed by atoms with Crippen LogP contribution in [0, 0.1) is 16.2 Å². The molecule has 8 rings (SSSR count). The van der Waals surface area contributed by atoms with E-state index in [9.17, 15) is 19.2 Å². The fourth-order valence-corrected chi connectivity index (χ4v) is 9.98. The minimum Gasteiger partial charge on any atom is -0.508 e. The van der Waals surface area contributed by atoms with Crippen LogP contribution >= 0.6 is 0 Å². The van der Waals surface area contributed by atoms with Gasteiger partial charge in [0.05, 0.1) is 22.9 Å². The molecule has 0 aliphatic carbocycles. The summed E-state index contributed by atoms with van der Waals surface area (Å²) in [4.78, 5) is 44.7. The molecule has 0 bridgehead atoms. The second kappa shape index (κ2) is 97.3. The third-order valence-corrected chi connectivity index (χ3v) is 21.5. The molecule has 1 saturated heterocycles. The van der Waals surface area contributed by atoms with Crippen LogP contribution in [0.2, 0.25) is 0 Å². The lowest BCUT2D eigenvalue weighted by Gasteiger charge is -2.27. The third kappa shape index (κ3) is 86.4. The lowest BCUT2D eigenvalue weighted by atomic mass is 9.90. The van der Waals surface area contributed by atoms with Crippen molar-refractivity contribution in [3.05, 3.63) is 215 Å². The van der Waals surface area contributed by atoms with Gasteiger partial charge in [-0.05, 0) is 334 Å². The number of hydrogen-bond acceptors (Lipinski definition) is 14. The fraction of sp³-hybridized carbons (Fsp3) is 0.635. The molecule has 1 aliphatic rings. The highest BCUT2D eigenvalue weighted by molar-refractivity contribution is 5.76. The molecule has 141 heavy (non-hydrogen) atoms. The summed E-state index contributed by atoms with van der Waals surface area (Å²) in [5.41, 5.74) is 6.73. The largest absolute Gasteiger partial charge is 0.514 e. The monoisotopic (exact) mass is 2000 g/mol. The molecule has 15 nitrogen and oxygen atoms in total. The maximum atomic E-state index is 11.5. The van der Waals surface area contributed by atoms with Gasteiger partial charge in [0, 0.05) is 6.42 Å². The lowest BCUT2D eigenvalue weighted by molar-refractivity contribution is -0.166. The van der Waals surface area contributed by atoms with Gasteiger partial charge >= 0.3 is 24.1 Å². The molecule has 8 unspecified atom stereocenters. The van der Waals surface area contributed by atoms with Crippen molar-refractivity contribution in [3.63, 3.8) is 0 Å². The van der Waals surface area contributed by atoms with Crippen LogP contribution in [0.3, 0.4) is 0 Å². The highest BCUT2D eigenvalue weighted by Crippen LogP contribution is 2.31. The molecule has 8 atom stereocenters. The van der Waals surface area contributed by atoms with E-state index >= 15 is 0 Å². The smallest absolute Gasteiger partial charge is 0.508 e. The Kier molecular flexibility index (Phi) is 129. The summed E-state index contributed by atoms with van der Waals surface area (Å²) in [6.07, 6.45) is 13.0. The molecule has 15 heteroatoms. The van der Waals surface area contributed by atoms with Gasteiger partial charge in [0.1, 0.15) is 51.3 Å². The number of hydrogen-bond donors (Lipinski definition) is 5. The number of esters is 2. The Morgan fingerprint density at radius 1 is 0.291 bits per heavy atom. The van der Waals surface area contributed by atoms with E-state index in [1.807, 2.05) is 151 Å². The SMILES string of the molecule is C.C.C.C.C.C.C.C.C.C.C.C.C.C.C.C.C.C.C.C.CCC(C)(C)C(=O)O.CCC(C)(C)C(=O)OC(C)(C)C.CCC(C)(C)C(=O)OC(C)(C)C.CCC(C)c1ccc(O)cc1.CCC(C)c1ccc(O)cc1.CCC(C)c1ccc(O)cc1.CCC(C)c1ccc(O)cc1.CCC(C)c1ccc(OC(=O)OC(C)(C)C)cc1.CCC(C)c1ccc(OC2CCCCO2)cc1.CCC(C)c1ccccc1. The zero-order valence-corrected chi connectivity index (χ0v) is 81.1. The van der Waals surface area contributed by atoms with Gasteiger partial charge in [-0.15, -0.1) is 0 Å². The van der Waals surface area contributed by atoms with E-state index in [1.165, 1.54) is 58.2 Å². The summed E-state index contributed by atoms with van der Waals surface area (Å²) in [6.45, 7) is 65.1. The first-order valence-electron chi connectivity index (χ1n) is 44.6. The number of ether oxygens (including phenoxy) is 6. The maximum Gasteiger partial charge on any atom is 0.514 e. The number of phenolic OH excluding ortho intramolecular Hbond substituents is 4. The first-order chi connectivity index (χ1) is 56.3. The summed E-state index contributed by atoms with van der Waals surface area (Å²) in [5, 5.41) is 44.5. The quantitative estimate of drug-likeness (QED) is 0.0228. The maximum absolute atomic E-state index is 11.5. The van der Waals surface area contributed by atoms with Crippen molar-refractivity contribution in [1.29, 1.82) is 0 Å². The second-order valence-electron chi connectivity index (χ2n) is 36.6. The second-order valence-corrected chi connectivity index (χ2v) is 36.6. The van der Waals surface area contributed by atoms with Crippen LogP contribution in [0.4, 0.5) is 4.79 Å². The molecule has 0 radical (unpaired) electrons. The Labute approximate surface area is 882 Å². The summed E-state index contributed by atoms with van der Waals surface area (Å²) in [5.74, 6) is 6.08. The van der Waals surface area contributed by atoms with E-state index < -0.39 is 23.1 Å². The number of benzene rings is 7. The summed E-state index contributed by atoms with van der Waals surface area (Å²) in [7, 11) is 0. The molecule has 1 fully saturated rings. The molecule has 0 saturated carbocycles. The van der Waals surface area contributed by atoms with Gasteiger partial charge in [0.25, 0.3) is 0 Å². The molecular formula is C126H246O15. The predicted molar refractivity (Wildman–Crippen MR) is 640 cm³/mol. The number of carbonyl (C=O) groups excluding carboxylic acids is 3. The summed E-state index contributed by atoms with van der Waals surface area (Å²) >= 11 is 0. The standard InChI is InChI=1S/C15H22O3.C15H22O2.2C10H20O2.4C10H14O.C10H14.C6H12O2.20CH4/c1-6-11(2)12-7-9-13(10-8-12)17-14(16)18-15(3,4)5;1-3-12(2)13-7-9-14(10-8-13)17-15-6-4-5-11-16-15;2*1-7-10(5,6)8(11)12-9(2,3)4;4*1-3-8(2)9-4-6-10(11)7-5-9;1-3-9(2)10-7-5-4-6-8-10;1-4-6(2,3)5(7)8;;;;;;;;;;;;;;;;;;;;/h7-11H,6H2,1-5H3;7-10,12,15H,3-6,11H2,1-2H3;2*7H2,1-6H3;4*4-8,11H,3H2,1-2H3;4-9H,3H2,1-2H3;4H2,1-3H3,(H,7,8);20*1H4. The molecule has 7 aromatic rings. The first kappa shape index (κ1) is 187. The third-order valence-electron chi connectivity index (χ3n) is 21.5. The molecule has 840 valence electrons. The van der Waals surface area contributed by atoms with Crippen molar-refractivity contribution in [2.45, 2.75) is 518 Å². The first-order valence-corrected chi connectivity index (χ1v) is 44.6. The summed E-state index contributed by atoms with van der Waals surface area (Å²) in [6, 6.07) is 56.3. The van der Waals surface area contributed by atoms with Crippen LogP contribution in [0.5, 0.6) is 34.5 Å². The fourth-order valence-electron chi connectivity index (χ4n) is 9.98. The zero-order chi connectivity index (χ0) is 93.1. The van der Waals surface area contributed by atoms with Gasteiger partial charge < -0.3 is 54.0 Å². The summed E-state index contributed by atoms with van der Waals surface area (Å²) < 4.78 is 32.0. The normalized spacial score (nSPS) is 12.1. The number of carboxylic acids is 1. The Bertz CT molecular complexity index is 3580. The predicted octanol–water partition coefficient (Wildman–Crippen LogP) is 43.2. The van der Waals surface area contributed by atoms with E-state index in [0.717, 1.165) is 70.1 Å². The van der Waals surface area contributed by atoms with Gasteiger partial charge in [-0.1, -0.05) is 369 Å². The minimum absolute atomic E-state index is 0. The molecule has 0 aromatic heterocycles. The van der Waals surface area contributed by atoms with E-state index in [4.69, 9.17) is 54.0 Å². The Morgan fingerprint density at radius 2 is 0.496 bits per heavy atom. The Morgan fingerprint density at radius 3 is 0.674 bits per heavy atom. The van der Waals surface area contributed by atoms with Crippen LogP contribution in [0.15, 0.2) is 176 Å². The van der Waals surface area contributed by atoms with Crippen molar-refractivity contribution in [2.24, 2.45) is 16.2 Å². The van der Waals surface area contributed by atoms with Crippen molar-refractivity contribution >= 4 is 24.1 Å². The Balaban J connectivity index is -0.0000000553. The topological polar surface area (TPSA) is 225 Å². The highest BCUT2D eigenvalue weighted by Gasteiger charge is 2.32. The lowest BCUT2D eigenvalue weighted by Crippen LogP contribution is -2.33. The molecule has 1 aliphatic heterocycles. The number of carbonyl (C=O) groups is 4. The van der Waals surface area contributed by atoms with Gasteiger partial charge in [-0.2, -0.15) is 0 Å². The number of aromatic hydroxyl groups is 4. The number of rotatable bonds is 23. The van der Waals surface area contributed by atoms with Crippen LogP contribution in [0.1, 0.15) is 534 Å².